The van der Waals surface area contributed by atoms with E-state index in [1.54, 1.807) is 0 Å². The molecule has 0 radical (unpaired) electrons. The van der Waals surface area contributed by atoms with E-state index < -0.39 is 0 Å². The van der Waals surface area contributed by atoms with Gasteiger partial charge < -0.3 is 4.57 Å². The van der Waals surface area contributed by atoms with Crippen LogP contribution in [0.2, 0.25) is 0 Å². The highest BCUT2D eigenvalue weighted by molar-refractivity contribution is 7.26. The molecule has 64 heavy (non-hydrogen) atoms. The van der Waals surface area contributed by atoms with E-state index in [2.05, 4.69) is 241 Å². The Balaban J connectivity index is 1.09. The molecule has 0 unspecified atom stereocenters. The third kappa shape index (κ3) is 5.77. The van der Waals surface area contributed by atoms with Gasteiger partial charge in [-0.25, -0.2) is 0 Å². The van der Waals surface area contributed by atoms with E-state index in [4.69, 9.17) is 0 Å². The van der Waals surface area contributed by atoms with Gasteiger partial charge in [-0.3, -0.25) is 0 Å². The summed E-state index contributed by atoms with van der Waals surface area (Å²) in [6, 6.07) is 87.3. The third-order valence-electron chi connectivity index (χ3n) is 13.2. The Labute approximate surface area is 375 Å². The van der Waals surface area contributed by atoms with Crippen LogP contribution in [0.4, 0.5) is 0 Å². The van der Waals surface area contributed by atoms with Crippen LogP contribution in [0.1, 0.15) is 0 Å². The summed E-state index contributed by atoms with van der Waals surface area (Å²) in [7, 11) is 0. The predicted molar refractivity (Wildman–Crippen MR) is 276 cm³/mol. The average molecular weight is 830 g/mol. The van der Waals surface area contributed by atoms with Crippen LogP contribution in [0.25, 0.3) is 125 Å². The summed E-state index contributed by atoms with van der Waals surface area (Å²) < 4.78 is 5.14. The lowest BCUT2D eigenvalue weighted by atomic mass is 9.83. The van der Waals surface area contributed by atoms with Crippen molar-refractivity contribution in [3.8, 4) is 61.3 Å². The summed E-state index contributed by atoms with van der Waals surface area (Å²) in [4.78, 5) is 0. The Morgan fingerprint density at radius 2 is 0.844 bits per heavy atom. The summed E-state index contributed by atoms with van der Waals surface area (Å²) in [6.07, 6.45) is 0. The summed E-state index contributed by atoms with van der Waals surface area (Å²) in [5.41, 5.74) is 15.8. The molecule has 11 aromatic carbocycles. The predicted octanol–water partition coefficient (Wildman–Crippen LogP) is 17.8. The van der Waals surface area contributed by atoms with Gasteiger partial charge in [-0.15, -0.1) is 11.3 Å². The van der Waals surface area contributed by atoms with Gasteiger partial charge >= 0.3 is 0 Å². The minimum Gasteiger partial charge on any atom is -0.309 e. The summed E-state index contributed by atoms with van der Waals surface area (Å²) >= 11 is 1.89. The van der Waals surface area contributed by atoms with E-state index in [9.17, 15) is 0 Å². The lowest BCUT2D eigenvalue weighted by molar-refractivity contribution is 1.19. The third-order valence-corrected chi connectivity index (χ3v) is 14.4. The normalized spacial score (nSPS) is 11.8. The zero-order valence-corrected chi connectivity index (χ0v) is 35.7. The van der Waals surface area contributed by atoms with Crippen molar-refractivity contribution in [2.75, 3.05) is 0 Å². The molecule has 0 bridgehead atoms. The molecule has 0 saturated heterocycles. The van der Waals surface area contributed by atoms with Gasteiger partial charge in [-0.05, 0) is 120 Å². The van der Waals surface area contributed by atoms with Crippen LogP contribution in [-0.4, -0.2) is 4.57 Å². The molecule has 0 fully saturated rings. The lowest BCUT2D eigenvalue weighted by Crippen LogP contribution is -1.97. The van der Waals surface area contributed by atoms with E-state index in [1.165, 1.54) is 119 Å². The molecule has 13 rings (SSSR count). The van der Waals surface area contributed by atoms with E-state index in [0.717, 1.165) is 5.69 Å². The van der Waals surface area contributed by atoms with Crippen LogP contribution >= 0.6 is 11.3 Å². The summed E-state index contributed by atoms with van der Waals surface area (Å²) in [6.45, 7) is 0. The van der Waals surface area contributed by atoms with Gasteiger partial charge in [-0.1, -0.05) is 194 Å². The Morgan fingerprint density at radius 1 is 0.266 bits per heavy atom. The van der Waals surface area contributed by atoms with Gasteiger partial charge in [0.1, 0.15) is 0 Å². The minimum absolute atomic E-state index is 1.13. The lowest BCUT2D eigenvalue weighted by Gasteiger charge is -2.21. The monoisotopic (exact) mass is 829 g/mol. The number of benzene rings is 11. The van der Waals surface area contributed by atoms with Crippen molar-refractivity contribution in [2.24, 2.45) is 0 Å². The molecule has 0 N–H and O–H groups in total. The van der Waals surface area contributed by atoms with Crippen LogP contribution in [0, 0.1) is 0 Å². The van der Waals surface area contributed by atoms with E-state index in [1.807, 2.05) is 11.3 Å². The van der Waals surface area contributed by atoms with Gasteiger partial charge in [0, 0.05) is 36.6 Å². The molecule has 0 amide bonds. The van der Waals surface area contributed by atoms with Gasteiger partial charge in [0.2, 0.25) is 0 Å². The second kappa shape index (κ2) is 14.8. The second-order valence-electron chi connectivity index (χ2n) is 16.7. The molecule has 1 nitrogen and oxygen atoms in total. The first-order valence-electron chi connectivity index (χ1n) is 22.0. The molecule has 13 aromatic rings. The Bertz CT molecular complexity index is 3950. The first-order chi connectivity index (χ1) is 31.8. The Hall–Kier alpha value is -8.04. The highest BCUT2D eigenvalue weighted by atomic mass is 32.1. The van der Waals surface area contributed by atoms with Crippen molar-refractivity contribution in [1.29, 1.82) is 0 Å². The highest BCUT2D eigenvalue weighted by Gasteiger charge is 2.22. The number of fused-ring (bicyclic) bond motifs is 8. The quantitative estimate of drug-likeness (QED) is 0.147. The van der Waals surface area contributed by atoms with Gasteiger partial charge in [0.05, 0.1) is 11.0 Å². The molecule has 0 aliphatic carbocycles. The largest absolute Gasteiger partial charge is 0.309 e. The Kier molecular flexibility index (Phi) is 8.47. The fourth-order valence-electron chi connectivity index (χ4n) is 10.4. The molecule has 2 heteroatoms. The van der Waals surface area contributed by atoms with Crippen molar-refractivity contribution in [2.45, 2.75) is 0 Å². The smallest absolute Gasteiger partial charge is 0.0541 e. The second-order valence-corrected chi connectivity index (χ2v) is 17.8. The number of para-hydroxylation sites is 1. The fraction of sp³-hybridized carbons (Fsp3) is 0. The SMILES string of the molecule is c1ccc(-c2cccc(-c3c4ccccc4c(-c4ccccc4-c4ccccc4)c4cc(-n5c6ccccc6c6cc(-c7cccc8c7sc7ccccc78)ccc65)ccc34)c2)cc1. The molecule has 2 aromatic heterocycles. The molecule has 0 atom stereocenters. The van der Waals surface area contributed by atoms with Crippen molar-refractivity contribution >= 4 is 74.9 Å². The van der Waals surface area contributed by atoms with Gasteiger partial charge in [0.25, 0.3) is 0 Å². The molecule has 0 aliphatic rings. The average Bonchev–Trinajstić information content (AvgIpc) is 3.92. The topological polar surface area (TPSA) is 4.93 Å². The molecule has 2 heterocycles. The maximum Gasteiger partial charge on any atom is 0.0541 e. The van der Waals surface area contributed by atoms with Crippen molar-refractivity contribution in [3.63, 3.8) is 0 Å². The number of thiophene rings is 1. The van der Waals surface area contributed by atoms with Crippen molar-refractivity contribution in [3.05, 3.63) is 237 Å². The van der Waals surface area contributed by atoms with Gasteiger partial charge in [-0.2, -0.15) is 0 Å². The minimum atomic E-state index is 1.13. The van der Waals surface area contributed by atoms with Crippen LogP contribution in [0.15, 0.2) is 237 Å². The molecular formula is C62H39NS. The Morgan fingerprint density at radius 3 is 1.67 bits per heavy atom. The van der Waals surface area contributed by atoms with E-state index in [-0.39, 0.29) is 0 Å². The number of aromatic nitrogens is 1. The number of rotatable bonds is 6. The molecule has 0 saturated carbocycles. The van der Waals surface area contributed by atoms with E-state index >= 15 is 0 Å². The number of hydrogen-bond donors (Lipinski definition) is 0. The molecular weight excluding hydrogens is 791 g/mol. The van der Waals surface area contributed by atoms with Crippen LogP contribution in [0.3, 0.4) is 0 Å². The first kappa shape index (κ1) is 36.6. The summed E-state index contributed by atoms with van der Waals surface area (Å²) in [5, 5.41) is 10.1. The highest BCUT2D eigenvalue weighted by Crippen LogP contribution is 2.48. The van der Waals surface area contributed by atoms with Crippen molar-refractivity contribution < 1.29 is 0 Å². The fourth-order valence-corrected chi connectivity index (χ4v) is 11.6. The maximum absolute atomic E-state index is 2.48. The molecule has 0 spiro atoms. The zero-order chi connectivity index (χ0) is 42.1. The zero-order valence-electron chi connectivity index (χ0n) is 34.9. The van der Waals surface area contributed by atoms with E-state index in [0.29, 0.717) is 0 Å². The number of nitrogens with zero attached hydrogens (tertiary/aromatic N) is 1. The molecule has 298 valence electrons. The van der Waals surface area contributed by atoms with Crippen LogP contribution in [-0.2, 0) is 0 Å². The van der Waals surface area contributed by atoms with Crippen molar-refractivity contribution in [1.82, 2.24) is 4.57 Å². The van der Waals surface area contributed by atoms with Crippen LogP contribution < -0.4 is 0 Å². The summed E-state index contributed by atoms with van der Waals surface area (Å²) in [5.74, 6) is 0. The molecule has 0 aliphatic heterocycles. The van der Waals surface area contributed by atoms with Crippen LogP contribution in [0.5, 0.6) is 0 Å². The van der Waals surface area contributed by atoms with Gasteiger partial charge in [0.15, 0.2) is 0 Å². The first-order valence-corrected chi connectivity index (χ1v) is 22.8. The maximum atomic E-state index is 2.48. The number of hydrogen-bond acceptors (Lipinski definition) is 1. The standard InChI is InChI=1S/C62H39NS/c1-3-17-40(18-4-1)42-21-15-22-44(37-42)60-51-27-9-10-28-52(51)61(50-26-8-7-23-46(50)41-19-5-2-6-20-41)56-39-45(34-35-53(56)60)63-57-31-13-11-24-48(57)55-38-43(33-36-58(55)63)47-29-16-30-54-49-25-12-14-32-59(49)64-62(47)54/h1-39H.